The number of carbonyl (C=O) groups excluding carboxylic acids is 1. The van der Waals surface area contributed by atoms with E-state index in [1.165, 1.54) is 24.2 Å². The summed E-state index contributed by atoms with van der Waals surface area (Å²) in [6.07, 6.45) is 10.5. The van der Waals surface area contributed by atoms with E-state index in [0.29, 0.717) is 19.1 Å². The van der Waals surface area contributed by atoms with E-state index in [9.17, 15) is 4.79 Å². The number of likely N-dealkylation sites (tertiary alicyclic amines) is 1. The van der Waals surface area contributed by atoms with Crippen molar-refractivity contribution in [1.29, 1.82) is 0 Å². The second-order valence-corrected chi connectivity index (χ2v) is 7.55. The Kier molecular flexibility index (Phi) is 5.41. The van der Waals surface area contributed by atoms with Crippen LogP contribution in [0, 0.1) is 6.92 Å². The van der Waals surface area contributed by atoms with Crippen molar-refractivity contribution in [1.82, 2.24) is 19.4 Å². The first-order chi connectivity index (χ1) is 13.2. The number of nitrogens with zero attached hydrogens (tertiary/aromatic N) is 4. The Labute approximate surface area is 160 Å². The van der Waals surface area contributed by atoms with Crippen molar-refractivity contribution >= 4 is 5.91 Å². The maximum Gasteiger partial charge on any atom is 0.222 e. The Hall–Kier alpha value is -2.37. The summed E-state index contributed by atoms with van der Waals surface area (Å²) in [5.41, 5.74) is 2.71. The van der Waals surface area contributed by atoms with Crippen LogP contribution in [-0.4, -0.2) is 45.0 Å². The number of aryl methyl sites for hydroxylation is 2. The van der Waals surface area contributed by atoms with Crippen molar-refractivity contribution in [2.75, 3.05) is 19.7 Å². The van der Waals surface area contributed by atoms with Gasteiger partial charge in [0.2, 0.25) is 5.91 Å². The van der Waals surface area contributed by atoms with Gasteiger partial charge in [-0.15, -0.1) is 0 Å². The first kappa shape index (κ1) is 18.0. The summed E-state index contributed by atoms with van der Waals surface area (Å²) in [6, 6.07) is 4.12. The number of pyridine rings is 1. The molecule has 2 aromatic heterocycles. The van der Waals surface area contributed by atoms with Crippen molar-refractivity contribution in [3.63, 3.8) is 0 Å². The number of rotatable bonds is 6. The van der Waals surface area contributed by atoms with Gasteiger partial charge in [0.1, 0.15) is 11.6 Å². The highest BCUT2D eigenvalue weighted by molar-refractivity contribution is 5.76. The largest absolute Gasteiger partial charge is 0.492 e. The molecule has 0 aromatic carbocycles. The van der Waals surface area contributed by atoms with Gasteiger partial charge in [-0.1, -0.05) is 0 Å². The minimum atomic E-state index is 0.235. The molecule has 0 bridgehead atoms. The molecule has 2 aromatic rings. The van der Waals surface area contributed by atoms with E-state index in [0.717, 1.165) is 50.3 Å². The third-order valence-electron chi connectivity index (χ3n) is 5.67. The molecule has 3 heterocycles. The van der Waals surface area contributed by atoms with Crippen molar-refractivity contribution in [2.24, 2.45) is 0 Å². The van der Waals surface area contributed by atoms with Crippen LogP contribution >= 0.6 is 0 Å². The number of imidazole rings is 1. The first-order valence-electron chi connectivity index (χ1n) is 10.1. The smallest absolute Gasteiger partial charge is 0.222 e. The molecular weight excluding hydrogens is 340 g/mol. The molecule has 1 aliphatic carbocycles. The lowest BCUT2D eigenvalue weighted by atomic mass is 10.0. The van der Waals surface area contributed by atoms with Crippen molar-refractivity contribution < 1.29 is 9.53 Å². The number of hydrogen-bond donors (Lipinski definition) is 0. The number of fused-ring (bicyclic) bond motifs is 1. The Morgan fingerprint density at radius 1 is 1.33 bits per heavy atom. The lowest BCUT2D eigenvalue weighted by Crippen LogP contribution is -2.29. The number of hydrogen-bond acceptors (Lipinski definition) is 4. The van der Waals surface area contributed by atoms with E-state index in [2.05, 4.69) is 16.5 Å². The molecule has 144 valence electrons. The third kappa shape index (κ3) is 3.99. The molecule has 1 aliphatic heterocycles. The highest BCUT2D eigenvalue weighted by Gasteiger charge is 2.30. The van der Waals surface area contributed by atoms with Gasteiger partial charge in [-0.2, -0.15) is 0 Å². The quantitative estimate of drug-likeness (QED) is 0.735. The summed E-state index contributed by atoms with van der Waals surface area (Å²) in [5, 5.41) is 0. The van der Waals surface area contributed by atoms with Gasteiger partial charge in [0.05, 0.1) is 24.5 Å². The van der Waals surface area contributed by atoms with E-state index in [4.69, 9.17) is 9.72 Å². The molecule has 2 aliphatic rings. The summed E-state index contributed by atoms with van der Waals surface area (Å²) in [5.74, 6) is 2.11. The van der Waals surface area contributed by atoms with E-state index in [-0.39, 0.29) is 5.91 Å². The maximum atomic E-state index is 12.6. The molecule has 6 heteroatoms. The molecule has 0 unspecified atom stereocenters. The van der Waals surface area contributed by atoms with E-state index in [1.54, 1.807) is 12.4 Å². The SMILES string of the molecule is Cc1nc2c(n1[C@@H]1CCN(C(=O)CCCOc3cccnc3)C1)CCCC2. The van der Waals surface area contributed by atoms with Crippen LogP contribution in [0.15, 0.2) is 24.5 Å². The van der Waals surface area contributed by atoms with Gasteiger partial charge >= 0.3 is 0 Å². The number of carbonyl (C=O) groups is 1. The monoisotopic (exact) mass is 368 g/mol. The fraction of sp³-hybridized carbons (Fsp3) is 0.571. The van der Waals surface area contributed by atoms with E-state index < -0.39 is 0 Å². The van der Waals surface area contributed by atoms with Gasteiger partial charge in [-0.05, 0) is 57.6 Å². The molecule has 27 heavy (non-hydrogen) atoms. The third-order valence-corrected chi connectivity index (χ3v) is 5.67. The molecule has 0 saturated carbocycles. The van der Waals surface area contributed by atoms with Crippen LogP contribution in [0.3, 0.4) is 0 Å². The lowest BCUT2D eigenvalue weighted by molar-refractivity contribution is -0.130. The molecule has 1 atom stereocenters. The standard InChI is InChI=1S/C21H28N4O2/c1-16-23-19-7-2-3-8-20(19)25(16)17-10-12-24(15-17)21(26)9-5-13-27-18-6-4-11-22-14-18/h4,6,11,14,17H,2-3,5,7-10,12-13,15H2,1H3/t17-/m1/s1. The summed E-state index contributed by atoms with van der Waals surface area (Å²) in [6.45, 7) is 4.31. The van der Waals surface area contributed by atoms with E-state index in [1.807, 2.05) is 17.0 Å². The predicted octanol–water partition coefficient (Wildman–Crippen LogP) is 3.10. The molecule has 0 radical (unpaired) electrons. The van der Waals surface area contributed by atoms with Crippen LogP contribution in [0.2, 0.25) is 0 Å². The van der Waals surface area contributed by atoms with Crippen LogP contribution in [0.5, 0.6) is 5.75 Å². The molecule has 6 nitrogen and oxygen atoms in total. The van der Waals surface area contributed by atoms with Crippen molar-refractivity contribution in [3.05, 3.63) is 41.7 Å². The Bertz CT molecular complexity index is 787. The van der Waals surface area contributed by atoms with Crippen LogP contribution in [0.4, 0.5) is 0 Å². The summed E-state index contributed by atoms with van der Waals surface area (Å²) in [7, 11) is 0. The fourth-order valence-electron chi connectivity index (χ4n) is 4.37. The Morgan fingerprint density at radius 2 is 2.22 bits per heavy atom. The lowest BCUT2D eigenvalue weighted by Gasteiger charge is -2.21. The van der Waals surface area contributed by atoms with Crippen LogP contribution in [0.1, 0.15) is 55.4 Å². The summed E-state index contributed by atoms with van der Waals surface area (Å²) >= 11 is 0. The van der Waals surface area contributed by atoms with Gasteiger partial charge in [0, 0.05) is 31.4 Å². The average Bonchev–Trinajstić information content (AvgIpc) is 3.29. The van der Waals surface area contributed by atoms with Gasteiger partial charge in [-0.25, -0.2) is 4.98 Å². The highest BCUT2D eigenvalue weighted by Crippen LogP contribution is 2.30. The van der Waals surface area contributed by atoms with Crippen LogP contribution in [0.25, 0.3) is 0 Å². The zero-order chi connectivity index (χ0) is 18.6. The second-order valence-electron chi connectivity index (χ2n) is 7.55. The molecule has 1 saturated heterocycles. The zero-order valence-electron chi connectivity index (χ0n) is 16.1. The van der Waals surface area contributed by atoms with Crippen molar-refractivity contribution in [3.8, 4) is 5.75 Å². The maximum absolute atomic E-state index is 12.6. The number of amides is 1. The summed E-state index contributed by atoms with van der Waals surface area (Å²) in [4.78, 5) is 23.4. The Morgan fingerprint density at radius 3 is 3.07 bits per heavy atom. The number of aromatic nitrogens is 3. The Balaban J connectivity index is 1.28. The topological polar surface area (TPSA) is 60.2 Å². The number of ether oxygens (including phenoxy) is 1. The molecule has 4 rings (SSSR count). The van der Waals surface area contributed by atoms with Gasteiger partial charge in [0.25, 0.3) is 0 Å². The van der Waals surface area contributed by atoms with Crippen LogP contribution in [-0.2, 0) is 17.6 Å². The van der Waals surface area contributed by atoms with E-state index >= 15 is 0 Å². The molecule has 1 fully saturated rings. The molecule has 0 spiro atoms. The van der Waals surface area contributed by atoms with Gasteiger partial charge in [-0.3, -0.25) is 9.78 Å². The minimum absolute atomic E-state index is 0.235. The first-order valence-corrected chi connectivity index (χ1v) is 10.1. The normalized spacial score (nSPS) is 19.1. The summed E-state index contributed by atoms with van der Waals surface area (Å²) < 4.78 is 8.06. The minimum Gasteiger partial charge on any atom is -0.492 e. The second kappa shape index (κ2) is 8.11. The van der Waals surface area contributed by atoms with Crippen LogP contribution < -0.4 is 4.74 Å². The predicted molar refractivity (Wildman–Crippen MR) is 103 cm³/mol. The fourth-order valence-corrected chi connectivity index (χ4v) is 4.37. The molecular formula is C21H28N4O2. The molecule has 1 amide bonds. The zero-order valence-corrected chi connectivity index (χ0v) is 16.1. The van der Waals surface area contributed by atoms with Crippen molar-refractivity contribution in [2.45, 2.75) is 57.9 Å². The molecule has 0 N–H and O–H groups in total. The van der Waals surface area contributed by atoms with Gasteiger partial charge in [0.15, 0.2) is 0 Å². The highest BCUT2D eigenvalue weighted by atomic mass is 16.5. The van der Waals surface area contributed by atoms with Gasteiger partial charge < -0.3 is 14.2 Å². The average molecular weight is 368 g/mol.